The monoisotopic (exact) mass is 242 g/mol. The van der Waals surface area contributed by atoms with Crippen molar-refractivity contribution in [3.05, 3.63) is 41.7 Å². The largest absolute Gasteiger partial charge is 0.426 e. The molecule has 86 valence electrons. The van der Waals surface area contributed by atoms with Gasteiger partial charge in [0.1, 0.15) is 5.76 Å². The highest BCUT2D eigenvalue weighted by atomic mass is 31.2. The van der Waals surface area contributed by atoms with Crippen molar-refractivity contribution < 1.29 is 23.9 Å². The van der Waals surface area contributed by atoms with Crippen LogP contribution in [-0.2, 0) is 14.1 Å². The number of carbonyl (C=O) groups is 1. The van der Waals surface area contributed by atoms with Gasteiger partial charge in [-0.25, -0.2) is 0 Å². The van der Waals surface area contributed by atoms with E-state index in [2.05, 4.69) is 0 Å². The molecule has 0 spiro atoms. The number of ether oxygens (including phenoxy) is 1. The van der Waals surface area contributed by atoms with Crippen molar-refractivity contribution in [1.29, 1.82) is 0 Å². The van der Waals surface area contributed by atoms with Crippen LogP contribution in [0.25, 0.3) is 5.76 Å². The fourth-order valence-electron chi connectivity index (χ4n) is 1.07. The Bertz CT molecular complexity index is 446. The molecule has 0 saturated carbocycles. The van der Waals surface area contributed by atoms with Gasteiger partial charge in [-0.05, 0) is 0 Å². The SMILES string of the molecule is CC(=O)OC(=CP(=O)(O)O)c1ccccc1. The van der Waals surface area contributed by atoms with Gasteiger partial charge in [-0.3, -0.25) is 9.36 Å². The van der Waals surface area contributed by atoms with E-state index in [-0.39, 0.29) is 5.76 Å². The summed E-state index contributed by atoms with van der Waals surface area (Å²) in [5, 5.41) is 0. The maximum Gasteiger partial charge on any atom is 0.352 e. The van der Waals surface area contributed by atoms with Crippen LogP contribution >= 0.6 is 7.60 Å². The van der Waals surface area contributed by atoms with Gasteiger partial charge in [-0.2, -0.15) is 0 Å². The zero-order valence-electron chi connectivity index (χ0n) is 8.53. The Labute approximate surface area is 92.5 Å². The minimum absolute atomic E-state index is 0.138. The number of hydrogen-bond acceptors (Lipinski definition) is 3. The van der Waals surface area contributed by atoms with E-state index < -0.39 is 13.6 Å². The molecule has 0 unspecified atom stereocenters. The summed E-state index contributed by atoms with van der Waals surface area (Å²) in [6.07, 6.45) is 0. The normalized spacial score (nSPS) is 12.3. The molecule has 0 aromatic heterocycles. The first-order valence-corrected chi connectivity index (χ1v) is 6.08. The Hall–Kier alpha value is -1.42. The lowest BCUT2D eigenvalue weighted by Gasteiger charge is -2.07. The van der Waals surface area contributed by atoms with Gasteiger partial charge in [0.2, 0.25) is 0 Å². The molecular weight excluding hydrogens is 231 g/mol. The van der Waals surface area contributed by atoms with Crippen molar-refractivity contribution in [2.24, 2.45) is 0 Å². The molecule has 6 heteroatoms. The Balaban J connectivity index is 3.12. The maximum atomic E-state index is 10.8. The van der Waals surface area contributed by atoms with Gasteiger partial charge in [0.15, 0.2) is 0 Å². The minimum atomic E-state index is -4.38. The summed E-state index contributed by atoms with van der Waals surface area (Å²) in [7, 11) is -4.38. The Morgan fingerprint density at radius 2 is 1.88 bits per heavy atom. The lowest BCUT2D eigenvalue weighted by Crippen LogP contribution is -1.98. The van der Waals surface area contributed by atoms with Crippen LogP contribution < -0.4 is 0 Å². The van der Waals surface area contributed by atoms with E-state index in [0.29, 0.717) is 11.4 Å². The molecule has 2 N–H and O–H groups in total. The highest BCUT2D eigenvalue weighted by Crippen LogP contribution is 2.40. The zero-order chi connectivity index (χ0) is 12.2. The van der Waals surface area contributed by atoms with Gasteiger partial charge in [-0.1, -0.05) is 30.3 Å². The quantitative estimate of drug-likeness (QED) is 0.479. The summed E-state index contributed by atoms with van der Waals surface area (Å²) in [5.74, 6) is -0.144. The van der Waals surface area contributed by atoms with E-state index >= 15 is 0 Å². The highest BCUT2D eigenvalue weighted by molar-refractivity contribution is 7.55. The van der Waals surface area contributed by atoms with Crippen molar-refractivity contribution in [1.82, 2.24) is 0 Å². The average molecular weight is 242 g/mol. The van der Waals surface area contributed by atoms with Crippen molar-refractivity contribution in [2.45, 2.75) is 6.92 Å². The number of rotatable bonds is 3. The molecule has 0 atom stereocenters. The van der Waals surface area contributed by atoms with Crippen molar-refractivity contribution >= 4 is 19.3 Å². The lowest BCUT2D eigenvalue weighted by atomic mass is 10.2. The first kappa shape index (κ1) is 12.6. The predicted octanol–water partition coefficient (Wildman–Crippen LogP) is 1.73. The van der Waals surface area contributed by atoms with Crippen molar-refractivity contribution in [2.75, 3.05) is 0 Å². The third-order valence-electron chi connectivity index (χ3n) is 1.60. The number of esters is 1. The topological polar surface area (TPSA) is 83.8 Å². The zero-order valence-corrected chi connectivity index (χ0v) is 9.42. The first-order valence-electron chi connectivity index (χ1n) is 4.40. The Kier molecular flexibility index (Phi) is 4.01. The highest BCUT2D eigenvalue weighted by Gasteiger charge is 2.14. The second-order valence-electron chi connectivity index (χ2n) is 3.04. The summed E-state index contributed by atoms with van der Waals surface area (Å²) in [4.78, 5) is 28.4. The van der Waals surface area contributed by atoms with Crippen molar-refractivity contribution in [3.63, 3.8) is 0 Å². The van der Waals surface area contributed by atoms with Gasteiger partial charge < -0.3 is 14.5 Å². The molecule has 1 aromatic rings. The molecule has 0 saturated heterocycles. The van der Waals surface area contributed by atoms with Crippen molar-refractivity contribution in [3.8, 4) is 0 Å². The number of carbonyl (C=O) groups excluding carboxylic acids is 1. The van der Waals surface area contributed by atoms with Gasteiger partial charge in [0, 0.05) is 12.5 Å². The summed E-state index contributed by atoms with van der Waals surface area (Å²) in [5.41, 5.74) is 0.432. The summed E-state index contributed by atoms with van der Waals surface area (Å²) < 4.78 is 15.6. The van der Waals surface area contributed by atoms with Gasteiger partial charge in [0.25, 0.3) is 0 Å². The molecule has 0 bridgehead atoms. The molecule has 1 rings (SSSR count). The molecule has 16 heavy (non-hydrogen) atoms. The average Bonchev–Trinajstić information content (AvgIpc) is 2.15. The summed E-state index contributed by atoms with van der Waals surface area (Å²) in [6, 6.07) is 8.26. The van der Waals surface area contributed by atoms with E-state index in [1.165, 1.54) is 0 Å². The molecule has 0 aliphatic carbocycles. The van der Waals surface area contributed by atoms with Crippen LogP contribution in [0.2, 0.25) is 0 Å². The van der Waals surface area contributed by atoms with Gasteiger partial charge in [0.05, 0.1) is 5.82 Å². The van der Waals surface area contributed by atoms with Gasteiger partial charge >= 0.3 is 13.6 Å². The third kappa shape index (κ3) is 4.40. The molecule has 0 heterocycles. The first-order chi connectivity index (χ1) is 7.38. The van der Waals surface area contributed by atoms with Crippen LogP contribution in [0, 0.1) is 0 Å². The van der Waals surface area contributed by atoms with E-state index in [1.54, 1.807) is 30.3 Å². The summed E-state index contributed by atoms with van der Waals surface area (Å²) >= 11 is 0. The Morgan fingerprint density at radius 1 is 1.31 bits per heavy atom. The fraction of sp³-hybridized carbons (Fsp3) is 0.100. The lowest BCUT2D eigenvalue weighted by molar-refractivity contribution is -0.134. The van der Waals surface area contributed by atoms with Gasteiger partial charge in [-0.15, -0.1) is 0 Å². The van der Waals surface area contributed by atoms with Crippen LogP contribution in [-0.4, -0.2) is 15.8 Å². The second kappa shape index (κ2) is 5.07. The van der Waals surface area contributed by atoms with E-state index in [9.17, 15) is 9.36 Å². The summed E-state index contributed by atoms with van der Waals surface area (Å²) in [6.45, 7) is 1.16. The van der Waals surface area contributed by atoms with Crippen LogP contribution in [0.1, 0.15) is 12.5 Å². The molecular formula is C10H11O5P. The molecule has 0 aliphatic heterocycles. The minimum Gasteiger partial charge on any atom is -0.426 e. The molecule has 1 aromatic carbocycles. The molecule has 0 radical (unpaired) electrons. The maximum absolute atomic E-state index is 10.8. The Morgan fingerprint density at radius 3 is 2.31 bits per heavy atom. The smallest absolute Gasteiger partial charge is 0.352 e. The van der Waals surface area contributed by atoms with Crippen LogP contribution in [0.4, 0.5) is 0 Å². The third-order valence-corrected chi connectivity index (χ3v) is 2.17. The molecule has 0 amide bonds. The van der Waals surface area contributed by atoms with E-state index in [4.69, 9.17) is 14.5 Å². The number of hydrogen-bond donors (Lipinski definition) is 2. The standard InChI is InChI=1S/C10H11O5P/c1-8(11)15-10(7-16(12,13)14)9-5-3-2-4-6-9/h2-7H,1H3,(H2,12,13,14). The number of benzene rings is 1. The van der Waals surface area contributed by atoms with Crippen LogP contribution in [0.5, 0.6) is 0 Å². The van der Waals surface area contributed by atoms with Crippen LogP contribution in [0.3, 0.4) is 0 Å². The second-order valence-corrected chi connectivity index (χ2v) is 4.48. The molecule has 0 aliphatic rings. The van der Waals surface area contributed by atoms with Crippen LogP contribution in [0.15, 0.2) is 36.1 Å². The van der Waals surface area contributed by atoms with E-state index in [1.807, 2.05) is 0 Å². The van der Waals surface area contributed by atoms with E-state index in [0.717, 1.165) is 6.92 Å². The molecule has 5 nitrogen and oxygen atoms in total. The predicted molar refractivity (Wildman–Crippen MR) is 58.2 cm³/mol. The molecule has 0 fully saturated rings. The fourth-order valence-corrected chi connectivity index (χ4v) is 1.58.